The van der Waals surface area contributed by atoms with Gasteiger partial charge in [-0.05, 0) is 30.9 Å². The van der Waals surface area contributed by atoms with Crippen LogP contribution in [-0.2, 0) is 6.54 Å². The van der Waals surface area contributed by atoms with Crippen molar-refractivity contribution >= 4 is 34.5 Å². The molecule has 3 rings (SSSR count). The average molecular weight is 436 g/mol. The quantitative estimate of drug-likeness (QED) is 0.347. The fraction of sp³-hybridized carbons (Fsp3) is 0.176. The number of aromatic nitrogens is 2. The Balaban J connectivity index is 1.83. The van der Waals surface area contributed by atoms with E-state index in [1.165, 1.54) is 6.07 Å². The van der Waals surface area contributed by atoms with Crippen LogP contribution in [0.2, 0.25) is 5.02 Å². The topological polar surface area (TPSA) is 46.9 Å². The average Bonchev–Trinajstić information content (AvgIpc) is 3.23. The minimum absolute atomic E-state index is 0.0200. The van der Waals surface area contributed by atoms with Crippen LogP contribution in [0.5, 0.6) is 0 Å². The van der Waals surface area contributed by atoms with Crippen molar-refractivity contribution in [2.45, 2.75) is 20.4 Å². The number of nitrogens with zero attached hydrogens (tertiary/aromatic N) is 2. The first kappa shape index (κ1) is 20.3. The minimum Gasteiger partial charge on any atom is -0.316 e. The maximum Gasteiger partial charge on any atom is 0.265 e. The molecule has 2 heterocycles. The second-order valence-electron chi connectivity index (χ2n) is 5.86. The van der Waals surface area contributed by atoms with E-state index in [2.05, 4.69) is 5.10 Å². The van der Waals surface area contributed by atoms with Crippen LogP contribution in [0, 0.1) is 42.9 Å². The zero-order valence-electron chi connectivity index (χ0n) is 14.3. The van der Waals surface area contributed by atoms with Crippen molar-refractivity contribution in [3.05, 3.63) is 67.4 Å². The first-order valence-electron chi connectivity index (χ1n) is 7.71. The fourth-order valence-electron chi connectivity index (χ4n) is 2.47. The highest BCUT2D eigenvalue weighted by atomic mass is 35.5. The Labute approximate surface area is 164 Å². The second kappa shape index (κ2) is 7.51. The van der Waals surface area contributed by atoms with Gasteiger partial charge in [-0.25, -0.2) is 22.0 Å². The van der Waals surface area contributed by atoms with Crippen molar-refractivity contribution in [2.24, 2.45) is 0 Å². The molecule has 0 unspecified atom stereocenters. The minimum atomic E-state index is -2.30. The summed E-state index contributed by atoms with van der Waals surface area (Å²) in [6, 6.07) is 1.43. The number of amides is 1. The molecule has 0 spiro atoms. The smallest absolute Gasteiger partial charge is 0.265 e. The molecule has 1 amide bonds. The number of halogens is 6. The van der Waals surface area contributed by atoms with Crippen LogP contribution in [0.15, 0.2) is 11.4 Å². The van der Waals surface area contributed by atoms with Gasteiger partial charge >= 0.3 is 0 Å². The summed E-state index contributed by atoms with van der Waals surface area (Å²) in [5, 5.41) is 8.11. The molecule has 148 valence electrons. The Bertz CT molecular complexity index is 1070. The van der Waals surface area contributed by atoms with Gasteiger partial charge in [-0.2, -0.15) is 5.10 Å². The summed E-state index contributed by atoms with van der Waals surface area (Å²) in [5.74, 6) is -11.8. The van der Waals surface area contributed by atoms with Crippen molar-refractivity contribution in [1.29, 1.82) is 0 Å². The molecular weight excluding hydrogens is 425 g/mol. The Morgan fingerprint density at radius 2 is 1.68 bits per heavy atom. The Kier molecular flexibility index (Phi) is 5.44. The first-order valence-corrected chi connectivity index (χ1v) is 8.97. The summed E-state index contributed by atoms with van der Waals surface area (Å²) in [5.41, 5.74) is 0.605. The number of hydrogen-bond acceptors (Lipinski definition) is 3. The number of nitrogens with one attached hydrogen (secondary N) is 1. The van der Waals surface area contributed by atoms with Gasteiger partial charge in [0.25, 0.3) is 5.91 Å². The van der Waals surface area contributed by atoms with Crippen LogP contribution in [0.25, 0.3) is 0 Å². The van der Waals surface area contributed by atoms with Crippen molar-refractivity contribution in [3.63, 3.8) is 0 Å². The number of benzene rings is 1. The molecule has 0 aliphatic heterocycles. The molecule has 28 heavy (non-hydrogen) atoms. The lowest BCUT2D eigenvalue weighted by Crippen LogP contribution is -2.16. The molecule has 4 nitrogen and oxygen atoms in total. The van der Waals surface area contributed by atoms with E-state index in [1.807, 2.05) is 0 Å². The van der Waals surface area contributed by atoms with Crippen LogP contribution < -0.4 is 5.32 Å². The van der Waals surface area contributed by atoms with Gasteiger partial charge in [0.2, 0.25) is 5.82 Å². The lowest BCUT2D eigenvalue weighted by atomic mass is 10.2. The third-order valence-corrected chi connectivity index (χ3v) is 5.48. The molecule has 0 atom stereocenters. The van der Waals surface area contributed by atoms with E-state index in [0.717, 1.165) is 17.0 Å². The lowest BCUT2D eigenvalue weighted by molar-refractivity contribution is 0.102. The highest BCUT2D eigenvalue weighted by Gasteiger charge is 2.27. The number of anilines is 1. The predicted octanol–water partition coefficient (Wildman–Crippen LogP) is 5.21. The fourth-order valence-corrected chi connectivity index (χ4v) is 3.40. The van der Waals surface area contributed by atoms with Crippen molar-refractivity contribution < 1.29 is 26.7 Å². The van der Waals surface area contributed by atoms with Gasteiger partial charge in [0, 0.05) is 0 Å². The summed E-state index contributed by atoms with van der Waals surface area (Å²) >= 11 is 7.02. The van der Waals surface area contributed by atoms with Crippen LogP contribution in [-0.4, -0.2) is 15.7 Å². The van der Waals surface area contributed by atoms with E-state index in [0.29, 0.717) is 16.3 Å². The van der Waals surface area contributed by atoms with Crippen LogP contribution >= 0.6 is 22.9 Å². The molecule has 2 aromatic heterocycles. The Morgan fingerprint density at radius 3 is 2.21 bits per heavy atom. The predicted molar refractivity (Wildman–Crippen MR) is 94.3 cm³/mol. The number of hydrogen-bond donors (Lipinski definition) is 1. The second-order valence-corrected chi connectivity index (χ2v) is 7.15. The number of rotatable bonds is 4. The summed E-state index contributed by atoms with van der Waals surface area (Å²) in [7, 11) is 0. The standard InChI is InChI=1S/C17H11ClF5N3OS/c1-6-10(18)7(2)26(25-6)4-8-3-9(28-5-8)17(27)24-16-14(22)12(20)11(19)13(21)15(16)23/h3,5H,4H2,1-2H3,(H,24,27). The third-order valence-electron chi connectivity index (χ3n) is 3.95. The normalized spacial score (nSPS) is 11.1. The molecule has 0 aliphatic carbocycles. The van der Waals surface area contributed by atoms with E-state index in [4.69, 9.17) is 11.6 Å². The van der Waals surface area contributed by atoms with E-state index in [9.17, 15) is 26.7 Å². The molecule has 0 radical (unpaired) electrons. The maximum absolute atomic E-state index is 13.7. The van der Waals surface area contributed by atoms with Gasteiger partial charge < -0.3 is 5.32 Å². The van der Waals surface area contributed by atoms with Crippen molar-refractivity contribution in [1.82, 2.24) is 9.78 Å². The van der Waals surface area contributed by atoms with E-state index < -0.39 is 40.7 Å². The molecule has 3 aromatic rings. The molecular formula is C17H11ClF5N3OS. The maximum atomic E-state index is 13.7. The van der Waals surface area contributed by atoms with Gasteiger partial charge in [0.05, 0.1) is 27.8 Å². The largest absolute Gasteiger partial charge is 0.316 e. The van der Waals surface area contributed by atoms with Gasteiger partial charge in [-0.3, -0.25) is 9.48 Å². The van der Waals surface area contributed by atoms with Crippen LogP contribution in [0.1, 0.15) is 26.6 Å². The Morgan fingerprint density at radius 1 is 1.11 bits per heavy atom. The number of carbonyl (C=O) groups is 1. The summed E-state index contributed by atoms with van der Waals surface area (Å²) < 4.78 is 68.6. The summed E-state index contributed by atoms with van der Waals surface area (Å²) in [4.78, 5) is 12.2. The molecule has 11 heteroatoms. The molecule has 1 N–H and O–H groups in total. The molecule has 0 saturated carbocycles. The zero-order chi connectivity index (χ0) is 20.7. The SMILES string of the molecule is Cc1nn(Cc2csc(C(=O)Nc3c(F)c(F)c(F)c(F)c3F)c2)c(C)c1Cl. The monoisotopic (exact) mass is 435 g/mol. The highest BCUT2D eigenvalue weighted by molar-refractivity contribution is 7.12. The molecule has 0 bridgehead atoms. The van der Waals surface area contributed by atoms with E-state index in [1.54, 1.807) is 29.2 Å². The van der Waals surface area contributed by atoms with Crippen LogP contribution in [0.4, 0.5) is 27.6 Å². The third kappa shape index (κ3) is 3.49. The summed E-state index contributed by atoms with van der Waals surface area (Å²) in [6.45, 7) is 3.79. The van der Waals surface area contributed by atoms with Gasteiger partial charge in [0.15, 0.2) is 23.3 Å². The van der Waals surface area contributed by atoms with Gasteiger partial charge in [-0.1, -0.05) is 11.6 Å². The molecule has 0 saturated heterocycles. The number of thiophene rings is 1. The summed E-state index contributed by atoms with van der Waals surface area (Å²) in [6.07, 6.45) is 0. The number of aryl methyl sites for hydroxylation is 1. The highest BCUT2D eigenvalue weighted by Crippen LogP contribution is 2.28. The van der Waals surface area contributed by atoms with E-state index >= 15 is 0 Å². The van der Waals surface area contributed by atoms with Crippen molar-refractivity contribution in [2.75, 3.05) is 5.32 Å². The van der Waals surface area contributed by atoms with Gasteiger partial charge in [-0.15, -0.1) is 11.3 Å². The molecule has 0 fully saturated rings. The zero-order valence-corrected chi connectivity index (χ0v) is 15.9. The van der Waals surface area contributed by atoms with Crippen molar-refractivity contribution in [3.8, 4) is 0 Å². The lowest BCUT2D eigenvalue weighted by Gasteiger charge is -2.09. The van der Waals surface area contributed by atoms with E-state index in [-0.39, 0.29) is 11.4 Å². The Hall–Kier alpha value is -2.46. The number of carbonyl (C=O) groups excluding carboxylic acids is 1. The van der Waals surface area contributed by atoms with Crippen LogP contribution in [0.3, 0.4) is 0 Å². The molecule has 0 aliphatic rings. The molecule has 1 aromatic carbocycles. The van der Waals surface area contributed by atoms with Gasteiger partial charge in [0.1, 0.15) is 5.69 Å². The first-order chi connectivity index (χ1) is 13.1.